The molecule has 0 saturated carbocycles. The van der Waals surface area contributed by atoms with Crippen molar-refractivity contribution in [3.05, 3.63) is 58.9 Å². The molecule has 0 aliphatic carbocycles. The summed E-state index contributed by atoms with van der Waals surface area (Å²) in [6.07, 6.45) is -0.435. The van der Waals surface area contributed by atoms with Crippen molar-refractivity contribution < 1.29 is 13.2 Å². The number of fused-ring (bicyclic) bond motifs is 1. The van der Waals surface area contributed by atoms with Gasteiger partial charge in [0.05, 0.1) is 24.3 Å². The molecule has 0 spiro atoms. The van der Waals surface area contributed by atoms with Crippen LogP contribution in [-0.2, 0) is 19.3 Å². The summed E-state index contributed by atoms with van der Waals surface area (Å²) < 4.78 is 39.7. The van der Waals surface area contributed by atoms with E-state index in [2.05, 4.69) is 20.6 Å². The molecule has 0 atom stereocenters. The van der Waals surface area contributed by atoms with E-state index in [4.69, 9.17) is 0 Å². The lowest BCUT2D eigenvalue weighted by molar-refractivity contribution is -0.137. The zero-order valence-corrected chi connectivity index (χ0v) is 17.6. The van der Waals surface area contributed by atoms with Crippen LogP contribution in [0.2, 0.25) is 0 Å². The summed E-state index contributed by atoms with van der Waals surface area (Å²) >= 11 is 1.56. The van der Waals surface area contributed by atoms with Gasteiger partial charge in [-0.2, -0.15) is 13.2 Å². The van der Waals surface area contributed by atoms with E-state index in [0.717, 1.165) is 22.8 Å². The van der Waals surface area contributed by atoms with Crippen molar-refractivity contribution in [2.75, 3.05) is 6.54 Å². The third-order valence-corrected chi connectivity index (χ3v) is 4.40. The van der Waals surface area contributed by atoms with Crippen LogP contribution in [0.4, 0.5) is 13.2 Å². The molecule has 0 aliphatic rings. The molecule has 0 aliphatic heterocycles. The van der Waals surface area contributed by atoms with Crippen molar-refractivity contribution in [1.82, 2.24) is 20.0 Å². The van der Waals surface area contributed by atoms with Crippen molar-refractivity contribution in [3.8, 4) is 0 Å². The predicted octanol–water partition coefficient (Wildman–Crippen LogP) is 4.29. The second-order valence-corrected chi connectivity index (χ2v) is 6.44. The van der Waals surface area contributed by atoms with E-state index in [1.807, 2.05) is 29.1 Å². The molecule has 3 aromatic rings. The minimum Gasteiger partial charge on any atom is -0.357 e. The van der Waals surface area contributed by atoms with Crippen molar-refractivity contribution >= 4 is 46.2 Å². The first kappa shape index (κ1) is 21.5. The predicted molar refractivity (Wildman–Crippen MR) is 112 cm³/mol. The van der Waals surface area contributed by atoms with Gasteiger partial charge in [-0.3, -0.25) is 4.40 Å². The molecule has 5 nitrogen and oxygen atoms in total. The average molecular weight is 509 g/mol. The summed E-state index contributed by atoms with van der Waals surface area (Å²) in [6, 6.07) is 5.03. The molecule has 3 rings (SSSR count). The van der Waals surface area contributed by atoms with Crippen LogP contribution >= 0.6 is 35.3 Å². The molecule has 2 N–H and O–H groups in total. The van der Waals surface area contributed by atoms with Gasteiger partial charge in [0.1, 0.15) is 0 Å². The van der Waals surface area contributed by atoms with E-state index in [9.17, 15) is 13.2 Å². The highest BCUT2D eigenvalue weighted by Crippen LogP contribution is 2.29. The summed E-state index contributed by atoms with van der Waals surface area (Å²) in [5.41, 5.74) is 0.935. The number of benzene rings is 1. The number of rotatable bonds is 5. The molecule has 0 unspecified atom stereocenters. The third-order valence-electron chi connectivity index (χ3n) is 3.63. The second-order valence-electron chi connectivity index (χ2n) is 5.57. The molecule has 1 aromatic carbocycles. The summed E-state index contributed by atoms with van der Waals surface area (Å²) in [5, 5.41) is 8.26. The van der Waals surface area contributed by atoms with Crippen LogP contribution in [-0.4, -0.2) is 21.9 Å². The lowest BCUT2D eigenvalue weighted by Crippen LogP contribution is -2.36. The molecule has 0 saturated heterocycles. The van der Waals surface area contributed by atoms with Crippen LogP contribution in [0.1, 0.15) is 23.7 Å². The number of hydrogen-bond donors (Lipinski definition) is 2. The number of hydrogen-bond acceptors (Lipinski definition) is 3. The summed E-state index contributed by atoms with van der Waals surface area (Å²) in [4.78, 5) is 9.82. The maximum absolute atomic E-state index is 12.6. The number of guanidine groups is 1. The zero-order chi connectivity index (χ0) is 18.6. The largest absolute Gasteiger partial charge is 0.416 e. The highest BCUT2D eigenvalue weighted by molar-refractivity contribution is 14.0. The first-order valence-electron chi connectivity index (χ1n) is 8.05. The van der Waals surface area contributed by atoms with E-state index in [-0.39, 0.29) is 30.5 Å². The Morgan fingerprint density at radius 3 is 2.59 bits per heavy atom. The van der Waals surface area contributed by atoms with Gasteiger partial charge in [-0.05, 0) is 24.6 Å². The topological polar surface area (TPSA) is 53.7 Å². The lowest BCUT2D eigenvalue weighted by Gasteiger charge is -2.10. The fraction of sp³-hybridized carbons (Fsp3) is 0.294. The molecule has 2 heterocycles. The monoisotopic (exact) mass is 509 g/mol. The van der Waals surface area contributed by atoms with Crippen molar-refractivity contribution in [2.24, 2.45) is 4.99 Å². The Labute approximate surface area is 175 Å². The Balaban J connectivity index is 0.00000261. The van der Waals surface area contributed by atoms with Crippen molar-refractivity contribution in [1.29, 1.82) is 0 Å². The van der Waals surface area contributed by atoms with Gasteiger partial charge in [-0.1, -0.05) is 12.1 Å². The Bertz CT molecular complexity index is 857. The molecule has 0 amide bonds. The van der Waals surface area contributed by atoms with Crippen molar-refractivity contribution in [3.63, 3.8) is 0 Å². The Kier molecular flexibility index (Phi) is 7.48. The zero-order valence-electron chi connectivity index (χ0n) is 14.5. The van der Waals surface area contributed by atoms with Crippen LogP contribution in [0.15, 0.2) is 47.0 Å². The van der Waals surface area contributed by atoms with Gasteiger partial charge in [0.15, 0.2) is 10.9 Å². The van der Waals surface area contributed by atoms with Crippen LogP contribution in [0.25, 0.3) is 4.96 Å². The quantitative estimate of drug-likeness (QED) is 0.307. The fourth-order valence-electron chi connectivity index (χ4n) is 2.35. The number of halogens is 4. The molecule has 10 heteroatoms. The number of thiazole rings is 1. The maximum atomic E-state index is 12.6. The van der Waals surface area contributed by atoms with Gasteiger partial charge in [-0.15, -0.1) is 35.3 Å². The molecule has 27 heavy (non-hydrogen) atoms. The standard InChI is InChI=1S/C17H18F3N5S.HI/c1-2-21-15(23-10-14-11-25-7-8-26-16(25)24-14)22-9-12-3-5-13(6-4-12)17(18,19)20;/h3-8,11H,2,9-10H2,1H3,(H2,21,22,23);1H. The smallest absolute Gasteiger partial charge is 0.357 e. The molecular formula is C17H19F3IN5S. The SMILES string of the molecule is CCNC(=NCc1ccc(C(F)(F)F)cc1)NCc1cn2ccsc2n1.I. The minimum atomic E-state index is -4.32. The van der Waals surface area contributed by atoms with E-state index in [1.165, 1.54) is 12.1 Å². The Hall–Kier alpha value is -1.82. The number of alkyl halides is 3. The van der Waals surface area contributed by atoms with E-state index in [0.29, 0.717) is 24.6 Å². The van der Waals surface area contributed by atoms with E-state index in [1.54, 1.807) is 11.3 Å². The van der Waals surface area contributed by atoms with Gasteiger partial charge in [0.2, 0.25) is 0 Å². The number of nitrogens with zero attached hydrogens (tertiary/aromatic N) is 3. The van der Waals surface area contributed by atoms with Crippen LogP contribution in [0.3, 0.4) is 0 Å². The first-order chi connectivity index (χ1) is 12.5. The van der Waals surface area contributed by atoms with Gasteiger partial charge in [-0.25, -0.2) is 9.98 Å². The normalized spacial score (nSPS) is 12.1. The van der Waals surface area contributed by atoms with Gasteiger partial charge in [0.25, 0.3) is 0 Å². The lowest BCUT2D eigenvalue weighted by atomic mass is 10.1. The van der Waals surface area contributed by atoms with Gasteiger partial charge < -0.3 is 10.6 Å². The Morgan fingerprint density at radius 1 is 1.22 bits per heavy atom. The number of nitrogens with one attached hydrogen (secondary N) is 2. The number of imidazole rings is 1. The number of aromatic nitrogens is 2. The molecular weight excluding hydrogens is 490 g/mol. The van der Waals surface area contributed by atoms with E-state index < -0.39 is 11.7 Å². The first-order valence-corrected chi connectivity index (χ1v) is 8.93. The Morgan fingerprint density at radius 2 is 1.96 bits per heavy atom. The molecule has 2 aromatic heterocycles. The highest BCUT2D eigenvalue weighted by Gasteiger charge is 2.29. The number of aliphatic imine (C=N–C) groups is 1. The highest BCUT2D eigenvalue weighted by atomic mass is 127. The third kappa shape index (κ3) is 5.83. The van der Waals surface area contributed by atoms with Gasteiger partial charge >= 0.3 is 6.18 Å². The summed E-state index contributed by atoms with van der Waals surface area (Å²) in [5.74, 6) is 0.587. The second kappa shape index (κ2) is 9.40. The molecule has 0 fully saturated rings. The van der Waals surface area contributed by atoms with Gasteiger partial charge in [0, 0.05) is 24.3 Å². The van der Waals surface area contributed by atoms with Crippen LogP contribution in [0.5, 0.6) is 0 Å². The van der Waals surface area contributed by atoms with Crippen LogP contribution in [0, 0.1) is 0 Å². The molecule has 0 radical (unpaired) electrons. The van der Waals surface area contributed by atoms with Crippen molar-refractivity contribution in [2.45, 2.75) is 26.2 Å². The molecule has 146 valence electrons. The summed E-state index contributed by atoms with van der Waals surface area (Å²) in [6.45, 7) is 3.41. The molecule has 0 bridgehead atoms. The summed E-state index contributed by atoms with van der Waals surface area (Å²) in [7, 11) is 0. The minimum absolute atomic E-state index is 0. The van der Waals surface area contributed by atoms with E-state index >= 15 is 0 Å². The average Bonchev–Trinajstić information content (AvgIpc) is 3.18. The van der Waals surface area contributed by atoms with Crippen LogP contribution < -0.4 is 10.6 Å². The maximum Gasteiger partial charge on any atom is 0.416 e. The fourth-order valence-corrected chi connectivity index (χ4v) is 3.07.